The summed E-state index contributed by atoms with van der Waals surface area (Å²) in [6, 6.07) is 8.46. The molecule has 1 amide bonds. The number of nitrogens with zero attached hydrogens (tertiary/aromatic N) is 4. The fourth-order valence-electron chi connectivity index (χ4n) is 3.41. The molecule has 1 N–H and O–H groups in total. The molecule has 0 atom stereocenters. The molecule has 1 fully saturated rings. The Kier molecular flexibility index (Phi) is 5.17. The number of nitrogens with one attached hydrogen (secondary N) is 1. The summed E-state index contributed by atoms with van der Waals surface area (Å²) in [5.41, 5.74) is 5.20. The normalized spacial score (nSPS) is 13.5. The van der Waals surface area contributed by atoms with E-state index in [1.807, 2.05) is 26.0 Å². The molecule has 0 bridgehead atoms. The smallest absolute Gasteiger partial charge is 0.234 e. The lowest BCUT2D eigenvalue weighted by atomic mass is 10.1. The van der Waals surface area contributed by atoms with Gasteiger partial charge in [0.2, 0.25) is 5.91 Å². The van der Waals surface area contributed by atoms with Crippen molar-refractivity contribution in [1.29, 1.82) is 0 Å². The van der Waals surface area contributed by atoms with Crippen molar-refractivity contribution in [1.82, 2.24) is 19.7 Å². The Hall–Kier alpha value is -2.67. The monoisotopic (exact) mass is 393 g/mol. The molecule has 0 radical (unpaired) electrons. The number of carbonyl (C=O) groups is 1. The number of hydrogen-bond acceptors (Lipinski definition) is 5. The van der Waals surface area contributed by atoms with Gasteiger partial charge in [0.15, 0.2) is 11.0 Å². The first-order valence-corrected chi connectivity index (χ1v) is 10.4. The van der Waals surface area contributed by atoms with E-state index >= 15 is 0 Å². The van der Waals surface area contributed by atoms with Crippen molar-refractivity contribution in [3.63, 3.8) is 0 Å². The Morgan fingerprint density at radius 3 is 2.61 bits per heavy atom. The highest BCUT2D eigenvalue weighted by molar-refractivity contribution is 7.99. The van der Waals surface area contributed by atoms with Gasteiger partial charge in [-0.05, 0) is 56.9 Å². The van der Waals surface area contributed by atoms with Crippen LogP contribution >= 0.6 is 11.8 Å². The van der Waals surface area contributed by atoms with E-state index in [-0.39, 0.29) is 5.91 Å². The lowest BCUT2D eigenvalue weighted by Crippen LogP contribution is -2.16. The molecular weight excluding hydrogens is 370 g/mol. The van der Waals surface area contributed by atoms with Crippen LogP contribution in [-0.4, -0.2) is 31.4 Å². The Balaban J connectivity index is 1.48. The molecule has 28 heavy (non-hydrogen) atoms. The molecule has 144 valence electrons. The second-order valence-electron chi connectivity index (χ2n) is 7.26. The van der Waals surface area contributed by atoms with E-state index in [1.165, 1.54) is 17.3 Å². The van der Waals surface area contributed by atoms with E-state index in [1.54, 1.807) is 12.4 Å². The molecule has 0 unspecified atom stereocenters. The van der Waals surface area contributed by atoms with Gasteiger partial charge < -0.3 is 5.32 Å². The topological polar surface area (TPSA) is 72.7 Å². The first-order chi connectivity index (χ1) is 13.5. The van der Waals surface area contributed by atoms with E-state index in [9.17, 15) is 4.79 Å². The number of anilines is 1. The van der Waals surface area contributed by atoms with Crippen molar-refractivity contribution >= 4 is 23.4 Å². The van der Waals surface area contributed by atoms with Gasteiger partial charge in [-0.15, -0.1) is 10.2 Å². The van der Waals surface area contributed by atoms with Gasteiger partial charge in [0, 0.05) is 29.7 Å². The molecule has 1 aliphatic rings. The van der Waals surface area contributed by atoms with Crippen LogP contribution in [0.4, 0.5) is 5.69 Å². The molecule has 0 spiro atoms. The fraction of sp³-hybridized carbons (Fsp3) is 0.333. The predicted molar refractivity (Wildman–Crippen MR) is 112 cm³/mol. The minimum atomic E-state index is -0.0340. The summed E-state index contributed by atoms with van der Waals surface area (Å²) >= 11 is 1.43. The van der Waals surface area contributed by atoms with Gasteiger partial charge in [0.05, 0.1) is 5.75 Å². The van der Waals surface area contributed by atoms with Gasteiger partial charge in [-0.25, -0.2) is 0 Å². The quantitative estimate of drug-likeness (QED) is 0.631. The Labute approximate surface area is 168 Å². The largest absolute Gasteiger partial charge is 0.325 e. The lowest BCUT2D eigenvalue weighted by molar-refractivity contribution is -0.113. The summed E-state index contributed by atoms with van der Waals surface area (Å²) in [5, 5.41) is 12.6. The summed E-state index contributed by atoms with van der Waals surface area (Å²) < 4.78 is 2.15. The number of rotatable bonds is 6. The second-order valence-corrected chi connectivity index (χ2v) is 8.20. The Bertz CT molecular complexity index is 988. The van der Waals surface area contributed by atoms with Crippen LogP contribution in [0.25, 0.3) is 11.4 Å². The van der Waals surface area contributed by atoms with Gasteiger partial charge in [0.1, 0.15) is 0 Å². The first-order valence-electron chi connectivity index (χ1n) is 9.38. The predicted octanol–water partition coefficient (Wildman–Crippen LogP) is 4.33. The molecule has 2 aromatic heterocycles. The molecule has 0 aliphatic heterocycles. The standard InChI is InChI=1S/C21H23N5OS/c1-13-9-14(2)19(15(3)10-13)23-18(27)12-28-21-25-24-20(26(21)17-6-7-17)16-5-4-8-22-11-16/h4-5,8-11,17H,6-7,12H2,1-3H3,(H,23,27). The average Bonchev–Trinajstić information content (AvgIpc) is 3.42. The van der Waals surface area contributed by atoms with Gasteiger partial charge in [-0.3, -0.25) is 14.3 Å². The summed E-state index contributed by atoms with van der Waals surface area (Å²) in [4.78, 5) is 16.7. The van der Waals surface area contributed by atoms with Crippen LogP contribution < -0.4 is 5.32 Å². The Morgan fingerprint density at radius 1 is 1.21 bits per heavy atom. The van der Waals surface area contributed by atoms with Crippen molar-refractivity contribution in [2.75, 3.05) is 11.1 Å². The summed E-state index contributed by atoms with van der Waals surface area (Å²) in [5.74, 6) is 1.09. The second kappa shape index (κ2) is 7.75. The van der Waals surface area contributed by atoms with Crippen LogP contribution in [0, 0.1) is 20.8 Å². The zero-order valence-electron chi connectivity index (χ0n) is 16.3. The molecule has 6 nitrogen and oxygen atoms in total. The van der Waals surface area contributed by atoms with Crippen LogP contribution in [0.3, 0.4) is 0 Å². The van der Waals surface area contributed by atoms with E-state index < -0.39 is 0 Å². The van der Waals surface area contributed by atoms with Crippen LogP contribution in [0.5, 0.6) is 0 Å². The summed E-state index contributed by atoms with van der Waals surface area (Å²) in [7, 11) is 0. The highest BCUT2D eigenvalue weighted by atomic mass is 32.2. The maximum atomic E-state index is 12.5. The zero-order valence-corrected chi connectivity index (χ0v) is 17.1. The van der Waals surface area contributed by atoms with Gasteiger partial charge in [-0.1, -0.05) is 29.5 Å². The van der Waals surface area contributed by atoms with E-state index in [2.05, 4.69) is 44.1 Å². The molecule has 1 aromatic carbocycles. The maximum Gasteiger partial charge on any atom is 0.234 e. The zero-order chi connectivity index (χ0) is 19.7. The average molecular weight is 394 g/mol. The molecule has 1 aliphatic carbocycles. The third-order valence-corrected chi connectivity index (χ3v) is 5.71. The van der Waals surface area contributed by atoms with Gasteiger partial charge >= 0.3 is 0 Å². The van der Waals surface area contributed by atoms with Crippen molar-refractivity contribution < 1.29 is 4.79 Å². The van der Waals surface area contributed by atoms with Crippen molar-refractivity contribution in [3.05, 3.63) is 53.3 Å². The SMILES string of the molecule is Cc1cc(C)c(NC(=O)CSc2nnc(-c3cccnc3)n2C2CC2)c(C)c1. The van der Waals surface area contributed by atoms with Crippen molar-refractivity contribution in [3.8, 4) is 11.4 Å². The number of carbonyl (C=O) groups excluding carboxylic acids is 1. The molecular formula is C21H23N5OS. The molecule has 1 saturated carbocycles. The highest BCUT2D eigenvalue weighted by Gasteiger charge is 2.30. The third kappa shape index (κ3) is 3.94. The summed E-state index contributed by atoms with van der Waals surface area (Å²) in [6.07, 6.45) is 5.78. The fourth-order valence-corrected chi connectivity index (χ4v) is 4.22. The third-order valence-electron chi connectivity index (χ3n) is 4.77. The van der Waals surface area contributed by atoms with Crippen LogP contribution in [0.15, 0.2) is 41.8 Å². The number of pyridine rings is 1. The van der Waals surface area contributed by atoms with E-state index in [0.717, 1.165) is 46.2 Å². The first kappa shape index (κ1) is 18.7. The van der Waals surface area contributed by atoms with E-state index in [4.69, 9.17) is 0 Å². The summed E-state index contributed by atoms with van der Waals surface area (Å²) in [6.45, 7) is 6.10. The molecule has 7 heteroatoms. The number of hydrogen-bond donors (Lipinski definition) is 1. The number of benzene rings is 1. The van der Waals surface area contributed by atoms with Crippen molar-refractivity contribution in [2.45, 2.75) is 44.8 Å². The molecule has 2 heterocycles. The molecule has 0 saturated heterocycles. The van der Waals surface area contributed by atoms with E-state index in [0.29, 0.717) is 11.8 Å². The van der Waals surface area contributed by atoms with Gasteiger partial charge in [0.25, 0.3) is 0 Å². The van der Waals surface area contributed by atoms with Crippen LogP contribution in [0.2, 0.25) is 0 Å². The Morgan fingerprint density at radius 2 is 1.96 bits per heavy atom. The van der Waals surface area contributed by atoms with Gasteiger partial charge in [-0.2, -0.15) is 0 Å². The van der Waals surface area contributed by atoms with Crippen LogP contribution in [-0.2, 0) is 4.79 Å². The molecule has 4 rings (SSSR count). The lowest BCUT2D eigenvalue weighted by Gasteiger charge is -2.13. The van der Waals surface area contributed by atoms with Crippen molar-refractivity contribution in [2.24, 2.45) is 0 Å². The number of aromatic nitrogens is 4. The minimum Gasteiger partial charge on any atom is -0.325 e. The highest BCUT2D eigenvalue weighted by Crippen LogP contribution is 2.40. The molecule has 3 aromatic rings. The minimum absolute atomic E-state index is 0.0340. The number of thioether (sulfide) groups is 1. The van der Waals surface area contributed by atoms with Crippen LogP contribution in [0.1, 0.15) is 35.6 Å². The maximum absolute atomic E-state index is 12.5. The number of aryl methyl sites for hydroxylation is 3. The number of amides is 1.